The molecule has 0 bridgehead atoms. The molecule has 1 fully saturated rings. The van der Waals surface area contributed by atoms with E-state index in [9.17, 15) is 9.59 Å². The molecule has 5 nitrogen and oxygen atoms in total. The Labute approximate surface area is 124 Å². The fourth-order valence-corrected chi connectivity index (χ4v) is 2.20. The number of benzene rings is 1. The van der Waals surface area contributed by atoms with Gasteiger partial charge in [0.25, 0.3) is 5.91 Å². The second-order valence-electron chi connectivity index (χ2n) is 4.69. The molecule has 0 aliphatic carbocycles. The van der Waals surface area contributed by atoms with Gasteiger partial charge < -0.3 is 16.0 Å². The van der Waals surface area contributed by atoms with E-state index in [1.165, 1.54) is 0 Å². The zero-order valence-electron chi connectivity index (χ0n) is 11.4. The van der Waals surface area contributed by atoms with Crippen LogP contribution in [0.4, 0.5) is 5.69 Å². The SMILES string of the molecule is CNC(=O)c1cccc(NC(=O)C2CCCNC2)c1.Cl. The molecule has 1 aromatic carbocycles. The number of carbonyl (C=O) groups is 2. The van der Waals surface area contributed by atoms with E-state index >= 15 is 0 Å². The monoisotopic (exact) mass is 297 g/mol. The van der Waals surface area contributed by atoms with Crippen LogP contribution in [0.5, 0.6) is 0 Å². The van der Waals surface area contributed by atoms with E-state index in [0.29, 0.717) is 11.3 Å². The van der Waals surface area contributed by atoms with Crippen LogP contribution in [-0.2, 0) is 4.79 Å². The molecule has 1 unspecified atom stereocenters. The maximum atomic E-state index is 12.1. The van der Waals surface area contributed by atoms with Gasteiger partial charge >= 0.3 is 0 Å². The molecule has 1 saturated heterocycles. The van der Waals surface area contributed by atoms with Crippen molar-refractivity contribution in [3.63, 3.8) is 0 Å². The lowest BCUT2D eigenvalue weighted by Crippen LogP contribution is -2.37. The Bertz CT molecular complexity index is 473. The fraction of sp³-hybridized carbons (Fsp3) is 0.429. The molecule has 1 atom stereocenters. The standard InChI is InChI=1S/C14H19N3O2.ClH/c1-15-13(18)10-4-2-6-12(8-10)17-14(19)11-5-3-7-16-9-11;/h2,4,6,8,11,16H,3,5,7,9H2,1H3,(H,15,18)(H,17,19);1H. The first-order valence-corrected chi connectivity index (χ1v) is 6.54. The molecule has 2 amide bonds. The first-order valence-electron chi connectivity index (χ1n) is 6.54. The summed E-state index contributed by atoms with van der Waals surface area (Å²) in [5.74, 6) is -0.130. The first-order chi connectivity index (χ1) is 9.20. The molecule has 1 heterocycles. The molecule has 2 rings (SSSR count). The maximum Gasteiger partial charge on any atom is 0.251 e. The van der Waals surface area contributed by atoms with Crippen LogP contribution in [0.2, 0.25) is 0 Å². The average molecular weight is 298 g/mol. The van der Waals surface area contributed by atoms with Crippen LogP contribution >= 0.6 is 12.4 Å². The van der Waals surface area contributed by atoms with Crippen LogP contribution in [0.3, 0.4) is 0 Å². The maximum absolute atomic E-state index is 12.1. The molecule has 0 radical (unpaired) electrons. The van der Waals surface area contributed by atoms with Gasteiger partial charge in [-0.25, -0.2) is 0 Å². The Morgan fingerprint density at radius 1 is 1.35 bits per heavy atom. The van der Waals surface area contributed by atoms with Crippen LogP contribution in [0.15, 0.2) is 24.3 Å². The van der Waals surface area contributed by atoms with Crippen molar-refractivity contribution in [2.24, 2.45) is 5.92 Å². The molecule has 110 valence electrons. The minimum atomic E-state index is -0.157. The van der Waals surface area contributed by atoms with Gasteiger partial charge in [-0.3, -0.25) is 9.59 Å². The number of hydrogen-bond acceptors (Lipinski definition) is 3. The minimum Gasteiger partial charge on any atom is -0.355 e. The third kappa shape index (κ3) is 4.21. The average Bonchev–Trinajstić information content (AvgIpc) is 2.47. The van der Waals surface area contributed by atoms with Crippen molar-refractivity contribution in [2.75, 3.05) is 25.5 Å². The zero-order chi connectivity index (χ0) is 13.7. The Balaban J connectivity index is 0.00000200. The van der Waals surface area contributed by atoms with Crippen molar-refractivity contribution in [1.82, 2.24) is 10.6 Å². The quantitative estimate of drug-likeness (QED) is 0.790. The van der Waals surface area contributed by atoms with Crippen LogP contribution in [0.1, 0.15) is 23.2 Å². The summed E-state index contributed by atoms with van der Waals surface area (Å²) in [4.78, 5) is 23.6. The van der Waals surface area contributed by atoms with E-state index < -0.39 is 0 Å². The van der Waals surface area contributed by atoms with Crippen LogP contribution in [-0.4, -0.2) is 32.0 Å². The van der Waals surface area contributed by atoms with E-state index in [1.807, 2.05) is 0 Å². The third-order valence-corrected chi connectivity index (χ3v) is 3.29. The Morgan fingerprint density at radius 2 is 2.15 bits per heavy atom. The summed E-state index contributed by atoms with van der Waals surface area (Å²) in [7, 11) is 1.58. The van der Waals surface area contributed by atoms with E-state index in [4.69, 9.17) is 0 Å². The number of amides is 2. The molecule has 1 aromatic rings. The van der Waals surface area contributed by atoms with Crippen LogP contribution in [0.25, 0.3) is 0 Å². The van der Waals surface area contributed by atoms with Gasteiger partial charge in [0.2, 0.25) is 5.91 Å². The van der Waals surface area contributed by atoms with Gasteiger partial charge in [-0.05, 0) is 37.6 Å². The lowest BCUT2D eigenvalue weighted by molar-refractivity contribution is -0.120. The Kier molecular flexibility index (Phi) is 6.48. The number of halogens is 1. The summed E-state index contributed by atoms with van der Waals surface area (Å²) in [6.45, 7) is 1.71. The largest absolute Gasteiger partial charge is 0.355 e. The van der Waals surface area contributed by atoms with E-state index in [2.05, 4.69) is 16.0 Å². The highest BCUT2D eigenvalue weighted by molar-refractivity contribution is 5.97. The van der Waals surface area contributed by atoms with E-state index in [0.717, 1.165) is 25.9 Å². The Morgan fingerprint density at radius 3 is 2.80 bits per heavy atom. The summed E-state index contributed by atoms with van der Waals surface area (Å²) in [5.41, 5.74) is 1.21. The highest BCUT2D eigenvalue weighted by Crippen LogP contribution is 2.15. The molecule has 0 spiro atoms. The van der Waals surface area contributed by atoms with Gasteiger partial charge in [-0.1, -0.05) is 6.07 Å². The number of nitrogens with one attached hydrogen (secondary N) is 3. The van der Waals surface area contributed by atoms with Crippen molar-refractivity contribution < 1.29 is 9.59 Å². The van der Waals surface area contributed by atoms with E-state index in [1.54, 1.807) is 31.3 Å². The summed E-state index contributed by atoms with van der Waals surface area (Å²) < 4.78 is 0. The summed E-state index contributed by atoms with van der Waals surface area (Å²) >= 11 is 0. The predicted octanol–water partition coefficient (Wildman–Crippen LogP) is 1.41. The minimum absolute atomic E-state index is 0. The third-order valence-electron chi connectivity index (χ3n) is 3.29. The lowest BCUT2D eigenvalue weighted by atomic mass is 9.99. The number of hydrogen-bond donors (Lipinski definition) is 3. The molecule has 3 N–H and O–H groups in total. The van der Waals surface area contributed by atoms with Gasteiger partial charge in [0, 0.05) is 24.8 Å². The summed E-state index contributed by atoms with van der Waals surface area (Å²) in [5, 5.41) is 8.65. The molecule has 1 aliphatic rings. The smallest absolute Gasteiger partial charge is 0.251 e. The number of anilines is 1. The zero-order valence-corrected chi connectivity index (χ0v) is 12.3. The normalized spacial score (nSPS) is 17.8. The topological polar surface area (TPSA) is 70.2 Å². The molecule has 0 aromatic heterocycles. The van der Waals surface area contributed by atoms with Gasteiger partial charge in [-0.15, -0.1) is 12.4 Å². The van der Waals surface area contributed by atoms with E-state index in [-0.39, 0.29) is 30.1 Å². The number of rotatable bonds is 3. The van der Waals surface area contributed by atoms with Crippen molar-refractivity contribution in [1.29, 1.82) is 0 Å². The number of piperidine rings is 1. The Hall–Kier alpha value is -1.59. The highest BCUT2D eigenvalue weighted by atomic mass is 35.5. The fourth-order valence-electron chi connectivity index (χ4n) is 2.20. The molecular weight excluding hydrogens is 278 g/mol. The highest BCUT2D eigenvalue weighted by Gasteiger charge is 2.20. The van der Waals surface area contributed by atoms with Crippen LogP contribution in [0, 0.1) is 5.92 Å². The molecule has 1 aliphatic heterocycles. The van der Waals surface area contributed by atoms with Gasteiger partial charge in [-0.2, -0.15) is 0 Å². The molecule has 20 heavy (non-hydrogen) atoms. The molecule has 6 heteroatoms. The molecule has 0 saturated carbocycles. The first kappa shape index (κ1) is 16.5. The van der Waals surface area contributed by atoms with Crippen molar-refractivity contribution >= 4 is 29.9 Å². The van der Waals surface area contributed by atoms with Gasteiger partial charge in [0.15, 0.2) is 0 Å². The lowest BCUT2D eigenvalue weighted by Gasteiger charge is -2.21. The van der Waals surface area contributed by atoms with Crippen molar-refractivity contribution in [3.8, 4) is 0 Å². The summed E-state index contributed by atoms with van der Waals surface area (Å²) in [6, 6.07) is 6.96. The molecular formula is C14H20ClN3O2. The summed E-state index contributed by atoms with van der Waals surface area (Å²) in [6.07, 6.45) is 1.93. The second kappa shape index (κ2) is 7.87. The van der Waals surface area contributed by atoms with Gasteiger partial charge in [0.1, 0.15) is 0 Å². The van der Waals surface area contributed by atoms with Crippen molar-refractivity contribution in [2.45, 2.75) is 12.8 Å². The van der Waals surface area contributed by atoms with Crippen molar-refractivity contribution in [3.05, 3.63) is 29.8 Å². The van der Waals surface area contributed by atoms with Crippen LogP contribution < -0.4 is 16.0 Å². The number of carbonyl (C=O) groups excluding carboxylic acids is 2. The second-order valence-corrected chi connectivity index (χ2v) is 4.69. The predicted molar refractivity (Wildman–Crippen MR) is 81.3 cm³/mol. The van der Waals surface area contributed by atoms with Gasteiger partial charge in [0.05, 0.1) is 5.92 Å².